The van der Waals surface area contributed by atoms with Crippen LogP contribution in [-0.4, -0.2) is 42.5 Å². The molecule has 0 aliphatic carbocycles. The predicted octanol–water partition coefficient (Wildman–Crippen LogP) is 2.72. The molecule has 4 heteroatoms. The highest BCUT2D eigenvalue weighted by Gasteiger charge is 2.23. The van der Waals surface area contributed by atoms with Gasteiger partial charge in [0.25, 0.3) is 0 Å². The highest BCUT2D eigenvalue weighted by molar-refractivity contribution is 5.47. The molecule has 0 spiro atoms. The molecular formula is C17H26FN3. The van der Waals surface area contributed by atoms with Crippen LogP contribution < -0.4 is 5.73 Å². The minimum atomic E-state index is -0.295. The van der Waals surface area contributed by atoms with Crippen LogP contribution in [0.25, 0.3) is 0 Å². The lowest BCUT2D eigenvalue weighted by molar-refractivity contribution is 0.149. The summed E-state index contributed by atoms with van der Waals surface area (Å²) in [5, 5.41) is 0. The maximum absolute atomic E-state index is 13.5. The molecule has 0 saturated carbocycles. The zero-order valence-electron chi connectivity index (χ0n) is 12.7. The van der Waals surface area contributed by atoms with E-state index in [0.717, 1.165) is 31.1 Å². The molecule has 2 fully saturated rings. The average molecular weight is 291 g/mol. The van der Waals surface area contributed by atoms with Gasteiger partial charge in [-0.1, -0.05) is 12.1 Å². The van der Waals surface area contributed by atoms with Crippen LogP contribution in [0.5, 0.6) is 0 Å². The minimum absolute atomic E-state index is 0.295. The van der Waals surface area contributed by atoms with Crippen LogP contribution in [0, 0.1) is 11.7 Å². The van der Waals surface area contributed by atoms with Crippen molar-refractivity contribution in [1.82, 2.24) is 9.80 Å². The topological polar surface area (TPSA) is 32.5 Å². The second-order valence-corrected chi connectivity index (χ2v) is 6.54. The first-order valence-corrected chi connectivity index (χ1v) is 8.20. The minimum Gasteiger partial charge on any atom is -0.396 e. The average Bonchev–Trinajstić information content (AvgIpc) is 2.99. The molecule has 0 radical (unpaired) electrons. The zero-order valence-corrected chi connectivity index (χ0v) is 12.7. The lowest BCUT2D eigenvalue weighted by Gasteiger charge is -2.34. The maximum Gasteiger partial charge on any atom is 0.146 e. The third-order valence-corrected chi connectivity index (χ3v) is 4.96. The van der Waals surface area contributed by atoms with Crippen molar-refractivity contribution >= 4 is 5.69 Å². The first kappa shape index (κ1) is 14.8. The van der Waals surface area contributed by atoms with Crippen LogP contribution in [0.1, 0.15) is 31.2 Å². The van der Waals surface area contributed by atoms with Crippen LogP contribution in [-0.2, 0) is 6.54 Å². The summed E-state index contributed by atoms with van der Waals surface area (Å²) in [6.45, 7) is 6.85. The molecule has 1 aromatic carbocycles. The van der Waals surface area contributed by atoms with E-state index in [9.17, 15) is 4.39 Å². The van der Waals surface area contributed by atoms with Gasteiger partial charge in [0.2, 0.25) is 0 Å². The summed E-state index contributed by atoms with van der Waals surface area (Å²) < 4.78 is 13.5. The van der Waals surface area contributed by atoms with Crippen molar-refractivity contribution < 1.29 is 4.39 Å². The van der Waals surface area contributed by atoms with E-state index in [-0.39, 0.29) is 5.82 Å². The van der Waals surface area contributed by atoms with E-state index >= 15 is 0 Å². The highest BCUT2D eigenvalue weighted by Crippen LogP contribution is 2.24. The van der Waals surface area contributed by atoms with Crippen LogP contribution in [0.15, 0.2) is 18.2 Å². The van der Waals surface area contributed by atoms with Crippen molar-refractivity contribution in [3.05, 3.63) is 29.6 Å². The molecule has 0 aromatic heterocycles. The van der Waals surface area contributed by atoms with Crippen molar-refractivity contribution in [2.24, 2.45) is 5.92 Å². The Balaban J connectivity index is 1.48. The molecule has 2 aliphatic heterocycles. The zero-order chi connectivity index (χ0) is 14.7. The van der Waals surface area contributed by atoms with Gasteiger partial charge < -0.3 is 10.6 Å². The normalized spacial score (nSPS) is 22.0. The molecule has 2 heterocycles. The molecule has 0 atom stereocenters. The van der Waals surface area contributed by atoms with Gasteiger partial charge >= 0.3 is 0 Å². The van der Waals surface area contributed by atoms with Gasteiger partial charge in [-0.25, -0.2) is 4.39 Å². The van der Waals surface area contributed by atoms with E-state index in [0.29, 0.717) is 5.69 Å². The molecule has 21 heavy (non-hydrogen) atoms. The molecule has 1 aromatic rings. The summed E-state index contributed by atoms with van der Waals surface area (Å²) in [5.74, 6) is 0.542. The second kappa shape index (κ2) is 6.75. The van der Waals surface area contributed by atoms with Gasteiger partial charge in [-0.2, -0.15) is 0 Å². The first-order chi connectivity index (χ1) is 10.2. The Hall–Kier alpha value is -1.13. The molecule has 2 N–H and O–H groups in total. The van der Waals surface area contributed by atoms with Gasteiger partial charge in [-0.3, -0.25) is 4.90 Å². The Morgan fingerprint density at radius 1 is 1.05 bits per heavy atom. The number of anilines is 1. The number of nitrogens with zero attached hydrogens (tertiary/aromatic N) is 2. The van der Waals surface area contributed by atoms with E-state index in [4.69, 9.17) is 5.73 Å². The summed E-state index contributed by atoms with van der Waals surface area (Å²) in [6, 6.07) is 5.12. The number of piperidine rings is 1. The summed E-state index contributed by atoms with van der Waals surface area (Å²) in [7, 11) is 0. The fourth-order valence-corrected chi connectivity index (χ4v) is 3.62. The molecule has 2 saturated heterocycles. The number of para-hydroxylation sites is 1. The lowest BCUT2D eigenvalue weighted by atomic mass is 9.96. The van der Waals surface area contributed by atoms with E-state index in [2.05, 4.69) is 9.80 Å². The molecule has 2 aliphatic rings. The van der Waals surface area contributed by atoms with Crippen molar-refractivity contribution in [2.45, 2.75) is 32.2 Å². The Morgan fingerprint density at radius 3 is 2.48 bits per heavy atom. The maximum atomic E-state index is 13.5. The molecule has 0 unspecified atom stereocenters. The van der Waals surface area contributed by atoms with E-state index in [1.54, 1.807) is 6.07 Å². The number of nitrogen functional groups attached to an aromatic ring is 1. The number of likely N-dealkylation sites (tertiary alicyclic amines) is 2. The summed E-state index contributed by atoms with van der Waals surface area (Å²) in [4.78, 5) is 5.02. The Labute approximate surface area is 126 Å². The SMILES string of the molecule is Nc1c(F)cccc1CN1CCC(CN2CCCC2)CC1. The lowest BCUT2D eigenvalue weighted by Crippen LogP contribution is -2.37. The smallest absolute Gasteiger partial charge is 0.146 e. The number of hydrogen-bond acceptors (Lipinski definition) is 3. The Kier molecular flexibility index (Phi) is 4.76. The van der Waals surface area contributed by atoms with E-state index in [1.165, 1.54) is 51.4 Å². The van der Waals surface area contributed by atoms with Crippen molar-refractivity contribution in [2.75, 3.05) is 38.5 Å². The molecule has 116 valence electrons. The second-order valence-electron chi connectivity index (χ2n) is 6.54. The summed E-state index contributed by atoms with van der Waals surface area (Å²) in [5.41, 5.74) is 7.07. The van der Waals surface area contributed by atoms with Gasteiger partial charge in [-0.15, -0.1) is 0 Å². The fraction of sp³-hybridized carbons (Fsp3) is 0.647. The van der Waals surface area contributed by atoms with Crippen LogP contribution in [0.2, 0.25) is 0 Å². The summed E-state index contributed by atoms with van der Waals surface area (Å²) in [6.07, 6.45) is 5.26. The van der Waals surface area contributed by atoms with E-state index < -0.39 is 0 Å². The quantitative estimate of drug-likeness (QED) is 0.866. The van der Waals surface area contributed by atoms with Gasteiger partial charge in [0.1, 0.15) is 5.82 Å². The fourth-order valence-electron chi connectivity index (χ4n) is 3.62. The largest absolute Gasteiger partial charge is 0.396 e. The van der Waals surface area contributed by atoms with Crippen LogP contribution in [0.3, 0.4) is 0 Å². The molecule has 0 amide bonds. The van der Waals surface area contributed by atoms with Gasteiger partial charge in [0.15, 0.2) is 0 Å². The van der Waals surface area contributed by atoms with Crippen molar-refractivity contribution in [3.63, 3.8) is 0 Å². The molecule has 3 rings (SSSR count). The standard InChI is InChI=1S/C17H26FN3/c18-16-5-3-4-15(17(16)19)13-21-10-6-14(7-11-21)12-20-8-1-2-9-20/h3-5,14H,1-2,6-13,19H2. The van der Waals surface area contributed by atoms with Crippen LogP contribution in [0.4, 0.5) is 10.1 Å². The first-order valence-electron chi connectivity index (χ1n) is 8.20. The van der Waals surface area contributed by atoms with E-state index in [1.807, 2.05) is 6.07 Å². The third kappa shape index (κ3) is 3.74. The Morgan fingerprint density at radius 2 is 1.76 bits per heavy atom. The molecular weight excluding hydrogens is 265 g/mol. The van der Waals surface area contributed by atoms with Crippen molar-refractivity contribution in [1.29, 1.82) is 0 Å². The van der Waals surface area contributed by atoms with Gasteiger partial charge in [0, 0.05) is 13.1 Å². The van der Waals surface area contributed by atoms with Crippen LogP contribution >= 0.6 is 0 Å². The number of hydrogen-bond donors (Lipinski definition) is 1. The summed E-state index contributed by atoms with van der Waals surface area (Å²) >= 11 is 0. The van der Waals surface area contributed by atoms with Gasteiger partial charge in [0.05, 0.1) is 5.69 Å². The third-order valence-electron chi connectivity index (χ3n) is 4.96. The number of rotatable bonds is 4. The number of benzene rings is 1. The Bertz CT molecular complexity index is 463. The number of halogens is 1. The molecule has 3 nitrogen and oxygen atoms in total. The van der Waals surface area contributed by atoms with Gasteiger partial charge in [-0.05, 0) is 69.4 Å². The monoisotopic (exact) mass is 291 g/mol. The highest BCUT2D eigenvalue weighted by atomic mass is 19.1. The molecule has 0 bridgehead atoms. The van der Waals surface area contributed by atoms with Crippen molar-refractivity contribution in [3.8, 4) is 0 Å². The predicted molar refractivity (Wildman–Crippen MR) is 84.5 cm³/mol. The number of nitrogens with two attached hydrogens (primary N) is 1.